The number of carbonyl (C=O) groups excluding carboxylic acids is 1. The summed E-state index contributed by atoms with van der Waals surface area (Å²) in [5, 5.41) is 0.296. The largest absolute Gasteiger partial charge is 0.332 e. The summed E-state index contributed by atoms with van der Waals surface area (Å²) >= 11 is 5.74. The molecule has 108 valence electrons. The van der Waals surface area contributed by atoms with Crippen LogP contribution in [-0.2, 0) is 0 Å². The van der Waals surface area contributed by atoms with E-state index in [0.717, 1.165) is 18.4 Å². The Bertz CT molecular complexity index is 659. The van der Waals surface area contributed by atoms with Crippen molar-refractivity contribution in [3.05, 3.63) is 70.5 Å². The predicted octanol–water partition coefficient (Wildman–Crippen LogP) is 4.46. The van der Waals surface area contributed by atoms with Crippen molar-refractivity contribution in [3.8, 4) is 0 Å². The molecule has 2 aromatic rings. The summed E-state index contributed by atoms with van der Waals surface area (Å²) in [6.07, 6.45) is 1.84. The molecular weight excluding hydrogens is 289 g/mol. The molecule has 2 nitrogen and oxygen atoms in total. The zero-order valence-electron chi connectivity index (χ0n) is 11.4. The van der Waals surface area contributed by atoms with E-state index in [2.05, 4.69) is 0 Å². The lowest BCUT2D eigenvalue weighted by atomic mass is 10.0. The van der Waals surface area contributed by atoms with E-state index in [1.54, 1.807) is 11.0 Å². The van der Waals surface area contributed by atoms with Crippen molar-refractivity contribution in [2.45, 2.75) is 18.9 Å². The Morgan fingerprint density at radius 3 is 2.67 bits per heavy atom. The summed E-state index contributed by atoms with van der Waals surface area (Å²) in [5.74, 6) is -0.832. The minimum absolute atomic E-state index is 0.0220. The molecule has 0 unspecified atom stereocenters. The van der Waals surface area contributed by atoms with Gasteiger partial charge in [-0.05, 0) is 36.6 Å². The molecule has 0 N–H and O–H groups in total. The van der Waals surface area contributed by atoms with Crippen LogP contribution >= 0.6 is 11.6 Å². The Kier molecular flexibility index (Phi) is 3.93. The summed E-state index contributed by atoms with van der Waals surface area (Å²) < 4.78 is 14.0. The zero-order valence-corrected chi connectivity index (χ0v) is 12.2. The molecule has 0 aromatic heterocycles. The van der Waals surface area contributed by atoms with Gasteiger partial charge in [-0.15, -0.1) is 0 Å². The van der Waals surface area contributed by atoms with Gasteiger partial charge in [0.05, 0.1) is 11.6 Å². The topological polar surface area (TPSA) is 20.3 Å². The van der Waals surface area contributed by atoms with Crippen molar-refractivity contribution >= 4 is 17.5 Å². The number of rotatable bonds is 2. The van der Waals surface area contributed by atoms with Gasteiger partial charge >= 0.3 is 0 Å². The molecule has 2 aromatic carbocycles. The molecule has 0 radical (unpaired) electrons. The van der Waals surface area contributed by atoms with Crippen molar-refractivity contribution in [2.24, 2.45) is 0 Å². The molecule has 1 fully saturated rings. The van der Waals surface area contributed by atoms with Crippen LogP contribution < -0.4 is 0 Å². The number of hydrogen-bond donors (Lipinski definition) is 0. The van der Waals surface area contributed by atoms with Gasteiger partial charge in [-0.1, -0.05) is 41.9 Å². The molecule has 1 atom stereocenters. The molecule has 21 heavy (non-hydrogen) atoms. The molecule has 1 saturated heterocycles. The van der Waals surface area contributed by atoms with Crippen LogP contribution in [-0.4, -0.2) is 17.4 Å². The van der Waals surface area contributed by atoms with E-state index in [-0.39, 0.29) is 17.5 Å². The number of halogens is 2. The molecular formula is C17H15ClFNO. The maximum atomic E-state index is 14.0. The SMILES string of the molecule is O=C(c1ccc(Cl)cc1F)N1CCC[C@H]1c1ccccc1. The fourth-order valence-electron chi connectivity index (χ4n) is 2.85. The second kappa shape index (κ2) is 5.86. The predicted molar refractivity (Wildman–Crippen MR) is 80.9 cm³/mol. The highest BCUT2D eigenvalue weighted by Gasteiger charge is 2.31. The third kappa shape index (κ3) is 2.79. The van der Waals surface area contributed by atoms with Crippen LogP contribution in [0.5, 0.6) is 0 Å². The van der Waals surface area contributed by atoms with Crippen LogP contribution in [0.15, 0.2) is 48.5 Å². The monoisotopic (exact) mass is 303 g/mol. The first-order chi connectivity index (χ1) is 10.2. The molecule has 0 aliphatic carbocycles. The van der Waals surface area contributed by atoms with Crippen LogP contribution in [0.1, 0.15) is 34.8 Å². The maximum absolute atomic E-state index is 14.0. The smallest absolute Gasteiger partial charge is 0.257 e. The van der Waals surface area contributed by atoms with Gasteiger partial charge in [-0.3, -0.25) is 4.79 Å². The Morgan fingerprint density at radius 2 is 1.95 bits per heavy atom. The third-order valence-electron chi connectivity index (χ3n) is 3.86. The van der Waals surface area contributed by atoms with Gasteiger partial charge in [-0.25, -0.2) is 4.39 Å². The van der Waals surface area contributed by atoms with Crippen LogP contribution in [0.4, 0.5) is 4.39 Å². The van der Waals surface area contributed by atoms with E-state index in [1.807, 2.05) is 30.3 Å². The van der Waals surface area contributed by atoms with Crippen molar-refractivity contribution < 1.29 is 9.18 Å². The fourth-order valence-corrected chi connectivity index (χ4v) is 3.01. The lowest BCUT2D eigenvalue weighted by molar-refractivity contribution is 0.0731. The first kappa shape index (κ1) is 14.1. The van der Waals surface area contributed by atoms with E-state index >= 15 is 0 Å². The molecule has 1 amide bonds. The molecule has 0 saturated carbocycles. The standard InChI is InChI=1S/C17H15ClFNO/c18-13-8-9-14(15(19)11-13)17(21)20-10-4-7-16(20)12-5-2-1-3-6-12/h1-3,5-6,8-9,11,16H,4,7,10H2/t16-/m0/s1. The number of nitrogens with zero attached hydrogens (tertiary/aromatic N) is 1. The van der Waals surface area contributed by atoms with E-state index in [9.17, 15) is 9.18 Å². The van der Waals surface area contributed by atoms with E-state index in [0.29, 0.717) is 11.6 Å². The third-order valence-corrected chi connectivity index (χ3v) is 4.09. The number of hydrogen-bond acceptors (Lipinski definition) is 1. The van der Waals surface area contributed by atoms with Crippen molar-refractivity contribution in [1.82, 2.24) is 4.90 Å². The summed E-state index contributed by atoms with van der Waals surface area (Å²) in [7, 11) is 0. The van der Waals surface area contributed by atoms with Crippen LogP contribution in [0.3, 0.4) is 0 Å². The summed E-state index contributed by atoms with van der Waals surface area (Å²) in [5.41, 5.74) is 1.18. The highest BCUT2D eigenvalue weighted by Crippen LogP contribution is 2.33. The lowest BCUT2D eigenvalue weighted by Crippen LogP contribution is -2.31. The van der Waals surface area contributed by atoms with Gasteiger partial charge in [0.25, 0.3) is 5.91 Å². The lowest BCUT2D eigenvalue weighted by Gasteiger charge is -2.25. The first-order valence-corrected chi connectivity index (χ1v) is 7.35. The second-order valence-electron chi connectivity index (χ2n) is 5.19. The van der Waals surface area contributed by atoms with Crippen LogP contribution in [0.25, 0.3) is 0 Å². The number of carbonyl (C=O) groups is 1. The molecule has 4 heteroatoms. The second-order valence-corrected chi connectivity index (χ2v) is 5.63. The number of benzene rings is 2. The normalized spacial score (nSPS) is 18.0. The Labute approximate surface area is 128 Å². The molecule has 1 aliphatic heterocycles. The van der Waals surface area contributed by atoms with E-state index in [4.69, 9.17) is 11.6 Å². The summed E-state index contributed by atoms with van der Waals surface area (Å²) in [6.45, 7) is 0.653. The average Bonchev–Trinajstić information content (AvgIpc) is 2.97. The Balaban J connectivity index is 1.90. The number of likely N-dealkylation sites (tertiary alicyclic amines) is 1. The van der Waals surface area contributed by atoms with Crippen molar-refractivity contribution in [1.29, 1.82) is 0 Å². The van der Waals surface area contributed by atoms with Gasteiger partial charge in [0.1, 0.15) is 5.82 Å². The maximum Gasteiger partial charge on any atom is 0.257 e. The minimum atomic E-state index is -0.564. The molecule has 1 aliphatic rings. The van der Waals surface area contributed by atoms with E-state index in [1.165, 1.54) is 12.1 Å². The van der Waals surface area contributed by atoms with Crippen molar-refractivity contribution in [3.63, 3.8) is 0 Å². The van der Waals surface area contributed by atoms with Gasteiger partial charge in [0.15, 0.2) is 0 Å². The van der Waals surface area contributed by atoms with Crippen LogP contribution in [0, 0.1) is 5.82 Å². The molecule has 0 spiro atoms. The van der Waals surface area contributed by atoms with Gasteiger partial charge in [0, 0.05) is 11.6 Å². The zero-order chi connectivity index (χ0) is 14.8. The minimum Gasteiger partial charge on any atom is -0.332 e. The van der Waals surface area contributed by atoms with E-state index < -0.39 is 5.82 Å². The number of amides is 1. The average molecular weight is 304 g/mol. The molecule has 3 rings (SSSR count). The van der Waals surface area contributed by atoms with Gasteiger partial charge < -0.3 is 4.90 Å². The summed E-state index contributed by atoms with van der Waals surface area (Å²) in [4.78, 5) is 14.4. The fraction of sp³-hybridized carbons (Fsp3) is 0.235. The van der Waals surface area contributed by atoms with Gasteiger partial charge in [-0.2, -0.15) is 0 Å². The quantitative estimate of drug-likeness (QED) is 0.802. The molecule has 0 bridgehead atoms. The van der Waals surface area contributed by atoms with Crippen LogP contribution in [0.2, 0.25) is 5.02 Å². The van der Waals surface area contributed by atoms with Gasteiger partial charge in [0.2, 0.25) is 0 Å². The highest BCUT2D eigenvalue weighted by molar-refractivity contribution is 6.30. The Hall–Kier alpha value is -1.87. The molecule has 1 heterocycles. The van der Waals surface area contributed by atoms with Crippen molar-refractivity contribution in [2.75, 3.05) is 6.54 Å². The highest BCUT2D eigenvalue weighted by atomic mass is 35.5. The first-order valence-electron chi connectivity index (χ1n) is 6.98. The summed E-state index contributed by atoms with van der Waals surface area (Å²) in [6, 6.07) is 14.1. The Morgan fingerprint density at radius 1 is 1.19 bits per heavy atom.